The second-order valence-corrected chi connectivity index (χ2v) is 1.86. The third kappa shape index (κ3) is 4.39. The Hall–Kier alpha value is -0.120. The van der Waals surface area contributed by atoms with Crippen molar-refractivity contribution >= 4 is 0 Å². The van der Waals surface area contributed by atoms with Crippen LogP contribution in [-0.2, 0) is 4.74 Å². The number of hydrogen-bond acceptors (Lipinski definition) is 3. The van der Waals surface area contributed by atoms with Gasteiger partial charge in [0.25, 0.3) is 0 Å². The van der Waals surface area contributed by atoms with E-state index in [1.807, 2.05) is 0 Å². The minimum Gasteiger partial charge on any atom is -0.368 e. The SMILES string of the molecule is CC[C@H](O)O[C@@H](O)CC. The molecule has 0 unspecified atom stereocenters. The van der Waals surface area contributed by atoms with Crippen LogP contribution in [0.5, 0.6) is 0 Å². The van der Waals surface area contributed by atoms with Gasteiger partial charge >= 0.3 is 0 Å². The van der Waals surface area contributed by atoms with Gasteiger partial charge in [0.15, 0.2) is 12.6 Å². The van der Waals surface area contributed by atoms with Gasteiger partial charge in [-0.2, -0.15) is 0 Å². The Morgan fingerprint density at radius 2 is 1.44 bits per heavy atom. The van der Waals surface area contributed by atoms with E-state index in [0.717, 1.165) is 0 Å². The standard InChI is InChI=1S/C6H14O3/c1-3-5(7)9-6(8)4-2/h5-8H,3-4H2,1-2H3/t5-,6-/m1/s1. The summed E-state index contributed by atoms with van der Waals surface area (Å²) in [5.41, 5.74) is 0. The number of ether oxygens (including phenoxy) is 1. The molecule has 0 amide bonds. The fraction of sp³-hybridized carbons (Fsp3) is 1.00. The summed E-state index contributed by atoms with van der Waals surface area (Å²) in [6, 6.07) is 0. The Morgan fingerprint density at radius 1 is 1.11 bits per heavy atom. The molecule has 0 radical (unpaired) electrons. The van der Waals surface area contributed by atoms with Crippen molar-refractivity contribution in [2.75, 3.05) is 0 Å². The van der Waals surface area contributed by atoms with Crippen molar-refractivity contribution in [2.24, 2.45) is 0 Å². The van der Waals surface area contributed by atoms with Gasteiger partial charge in [-0.15, -0.1) is 0 Å². The number of aliphatic hydroxyl groups is 2. The van der Waals surface area contributed by atoms with Crippen molar-refractivity contribution in [3.63, 3.8) is 0 Å². The second-order valence-electron chi connectivity index (χ2n) is 1.86. The van der Waals surface area contributed by atoms with Crippen LogP contribution < -0.4 is 0 Å². The fourth-order valence-electron chi connectivity index (χ4n) is 0.374. The minimum absolute atomic E-state index is 0.511. The van der Waals surface area contributed by atoms with Gasteiger partial charge < -0.3 is 14.9 Å². The molecule has 3 heteroatoms. The van der Waals surface area contributed by atoms with E-state index < -0.39 is 12.6 Å². The third-order valence-corrected chi connectivity index (χ3v) is 1.01. The summed E-state index contributed by atoms with van der Waals surface area (Å²) in [6.45, 7) is 3.57. The molecule has 56 valence electrons. The Kier molecular flexibility index (Phi) is 4.67. The maximum Gasteiger partial charge on any atom is 0.157 e. The van der Waals surface area contributed by atoms with E-state index in [4.69, 9.17) is 10.2 Å². The van der Waals surface area contributed by atoms with E-state index in [9.17, 15) is 0 Å². The lowest BCUT2D eigenvalue weighted by Crippen LogP contribution is -2.19. The topological polar surface area (TPSA) is 49.7 Å². The lowest BCUT2D eigenvalue weighted by atomic mass is 10.4. The molecule has 0 aromatic carbocycles. The molecule has 0 saturated heterocycles. The molecule has 0 heterocycles. The van der Waals surface area contributed by atoms with Crippen LogP contribution in [0.3, 0.4) is 0 Å². The molecule has 0 bridgehead atoms. The maximum absolute atomic E-state index is 8.78. The van der Waals surface area contributed by atoms with Crippen LogP contribution in [0.4, 0.5) is 0 Å². The fourth-order valence-corrected chi connectivity index (χ4v) is 0.374. The first-order valence-corrected chi connectivity index (χ1v) is 3.22. The zero-order valence-electron chi connectivity index (χ0n) is 5.87. The van der Waals surface area contributed by atoms with Crippen LogP contribution in [0.25, 0.3) is 0 Å². The summed E-state index contributed by atoms with van der Waals surface area (Å²) in [5, 5.41) is 17.6. The van der Waals surface area contributed by atoms with E-state index in [1.165, 1.54) is 0 Å². The normalized spacial score (nSPS) is 17.3. The monoisotopic (exact) mass is 134 g/mol. The van der Waals surface area contributed by atoms with E-state index in [-0.39, 0.29) is 0 Å². The smallest absolute Gasteiger partial charge is 0.157 e. The van der Waals surface area contributed by atoms with Crippen molar-refractivity contribution in [1.82, 2.24) is 0 Å². The number of hydrogen-bond donors (Lipinski definition) is 2. The zero-order chi connectivity index (χ0) is 7.28. The van der Waals surface area contributed by atoms with E-state index in [0.29, 0.717) is 12.8 Å². The van der Waals surface area contributed by atoms with Gasteiger partial charge in [-0.25, -0.2) is 0 Å². The Balaban J connectivity index is 3.22. The molecule has 2 atom stereocenters. The van der Waals surface area contributed by atoms with Crippen LogP contribution in [0.2, 0.25) is 0 Å². The molecule has 0 aromatic heterocycles. The summed E-state index contributed by atoms with van der Waals surface area (Å²) in [7, 11) is 0. The van der Waals surface area contributed by atoms with Crippen molar-refractivity contribution in [3.8, 4) is 0 Å². The first-order valence-electron chi connectivity index (χ1n) is 3.22. The zero-order valence-corrected chi connectivity index (χ0v) is 5.87. The average molecular weight is 134 g/mol. The molecule has 0 fully saturated rings. The van der Waals surface area contributed by atoms with Gasteiger partial charge in [0.2, 0.25) is 0 Å². The molecule has 0 saturated carbocycles. The highest BCUT2D eigenvalue weighted by atomic mass is 16.7. The van der Waals surface area contributed by atoms with Gasteiger partial charge in [-0.1, -0.05) is 13.8 Å². The Bertz CT molecular complexity index is 57.3. The van der Waals surface area contributed by atoms with Gasteiger partial charge in [0.05, 0.1) is 0 Å². The van der Waals surface area contributed by atoms with Crippen molar-refractivity contribution < 1.29 is 14.9 Å². The Morgan fingerprint density at radius 3 is 1.67 bits per heavy atom. The van der Waals surface area contributed by atoms with Crippen LogP contribution in [0, 0.1) is 0 Å². The van der Waals surface area contributed by atoms with E-state index in [1.54, 1.807) is 13.8 Å². The lowest BCUT2D eigenvalue weighted by Gasteiger charge is -2.13. The largest absolute Gasteiger partial charge is 0.368 e. The lowest BCUT2D eigenvalue weighted by molar-refractivity contribution is -0.208. The number of rotatable bonds is 4. The average Bonchev–Trinajstić information content (AvgIpc) is 1.87. The molecule has 0 rings (SSSR count). The second kappa shape index (κ2) is 4.73. The molecule has 0 aromatic rings. The summed E-state index contributed by atoms with van der Waals surface area (Å²) in [4.78, 5) is 0. The number of aliphatic hydroxyl groups excluding tert-OH is 2. The van der Waals surface area contributed by atoms with Gasteiger partial charge in [0, 0.05) is 0 Å². The summed E-state index contributed by atoms with van der Waals surface area (Å²) in [5.74, 6) is 0. The summed E-state index contributed by atoms with van der Waals surface area (Å²) < 4.78 is 4.66. The highest BCUT2D eigenvalue weighted by Crippen LogP contribution is 1.99. The van der Waals surface area contributed by atoms with Crippen molar-refractivity contribution in [1.29, 1.82) is 0 Å². The molecule has 9 heavy (non-hydrogen) atoms. The molecule has 2 N–H and O–H groups in total. The van der Waals surface area contributed by atoms with Crippen LogP contribution in [-0.4, -0.2) is 22.8 Å². The highest BCUT2D eigenvalue weighted by molar-refractivity contribution is 4.38. The quantitative estimate of drug-likeness (QED) is 0.549. The summed E-state index contributed by atoms with van der Waals surface area (Å²) in [6.07, 6.45) is -0.617. The predicted molar refractivity (Wildman–Crippen MR) is 33.7 cm³/mol. The van der Waals surface area contributed by atoms with Gasteiger partial charge in [0.1, 0.15) is 0 Å². The molecule has 0 aliphatic carbocycles. The molecular weight excluding hydrogens is 120 g/mol. The van der Waals surface area contributed by atoms with Crippen molar-refractivity contribution in [3.05, 3.63) is 0 Å². The van der Waals surface area contributed by atoms with E-state index in [2.05, 4.69) is 4.74 Å². The van der Waals surface area contributed by atoms with Gasteiger partial charge in [-0.05, 0) is 12.8 Å². The predicted octanol–water partition coefficient (Wildman–Crippen LogP) is 0.460. The first kappa shape index (κ1) is 8.88. The minimum atomic E-state index is -0.819. The van der Waals surface area contributed by atoms with Crippen LogP contribution in [0.15, 0.2) is 0 Å². The first-order chi connectivity index (χ1) is 4.20. The third-order valence-electron chi connectivity index (χ3n) is 1.01. The molecular formula is C6H14O3. The van der Waals surface area contributed by atoms with Crippen molar-refractivity contribution in [2.45, 2.75) is 39.3 Å². The molecule has 0 aliphatic heterocycles. The molecule has 0 aliphatic rings. The van der Waals surface area contributed by atoms with Gasteiger partial charge in [-0.3, -0.25) is 0 Å². The molecule has 0 spiro atoms. The summed E-state index contributed by atoms with van der Waals surface area (Å²) >= 11 is 0. The molecule has 3 nitrogen and oxygen atoms in total. The maximum atomic E-state index is 8.78. The van der Waals surface area contributed by atoms with E-state index >= 15 is 0 Å². The Labute approximate surface area is 55.3 Å². The van der Waals surface area contributed by atoms with Crippen LogP contribution >= 0.6 is 0 Å². The highest BCUT2D eigenvalue weighted by Gasteiger charge is 2.05. The van der Waals surface area contributed by atoms with Crippen LogP contribution in [0.1, 0.15) is 26.7 Å².